The Morgan fingerprint density at radius 1 is 1.08 bits per heavy atom. The molecule has 2 N–H and O–H groups in total. The van der Waals surface area contributed by atoms with E-state index in [1.54, 1.807) is 38.1 Å². The van der Waals surface area contributed by atoms with E-state index >= 15 is 0 Å². The van der Waals surface area contributed by atoms with Crippen molar-refractivity contribution in [2.24, 2.45) is 0 Å². The van der Waals surface area contributed by atoms with Crippen molar-refractivity contribution in [1.82, 2.24) is 0 Å². The normalized spacial score (nSPS) is 12.8. The maximum atomic E-state index is 13.3. The zero-order chi connectivity index (χ0) is 17.6. The molecule has 2 aromatic rings. The molecule has 0 bridgehead atoms. The van der Waals surface area contributed by atoms with Gasteiger partial charge in [0.25, 0.3) is 0 Å². The topological polar surface area (TPSA) is 67.8 Å². The Balaban J connectivity index is 2.46. The fourth-order valence-electron chi connectivity index (χ4n) is 2.27. The SMILES string of the molecule is CCOP(=O)(OCC)C(Nc1ccccc1Cl)c1ccc(O)cc1. The van der Waals surface area contributed by atoms with E-state index in [1.165, 1.54) is 12.1 Å². The van der Waals surface area contributed by atoms with Gasteiger partial charge in [0.15, 0.2) is 5.78 Å². The molecule has 0 saturated carbocycles. The molecule has 0 heterocycles. The van der Waals surface area contributed by atoms with Crippen LogP contribution >= 0.6 is 19.2 Å². The summed E-state index contributed by atoms with van der Waals surface area (Å²) >= 11 is 6.21. The molecule has 0 amide bonds. The van der Waals surface area contributed by atoms with Crippen molar-refractivity contribution in [3.8, 4) is 5.75 Å². The lowest BCUT2D eigenvalue weighted by Gasteiger charge is -2.28. The highest BCUT2D eigenvalue weighted by atomic mass is 35.5. The van der Waals surface area contributed by atoms with E-state index < -0.39 is 13.4 Å². The van der Waals surface area contributed by atoms with Crippen molar-refractivity contribution >= 4 is 24.9 Å². The number of hydrogen-bond acceptors (Lipinski definition) is 5. The lowest BCUT2D eigenvalue weighted by Crippen LogP contribution is -2.15. The van der Waals surface area contributed by atoms with E-state index in [2.05, 4.69) is 5.32 Å². The molecule has 0 aliphatic carbocycles. The first-order valence-corrected chi connectivity index (χ1v) is 9.68. The first-order valence-electron chi connectivity index (χ1n) is 7.69. The van der Waals surface area contributed by atoms with E-state index in [4.69, 9.17) is 20.6 Å². The van der Waals surface area contributed by atoms with Gasteiger partial charge in [-0.05, 0) is 43.7 Å². The summed E-state index contributed by atoms with van der Waals surface area (Å²) in [6.07, 6.45) is 0. The van der Waals surface area contributed by atoms with Crippen LogP contribution in [0.3, 0.4) is 0 Å². The molecule has 2 rings (SSSR count). The molecule has 5 nitrogen and oxygen atoms in total. The molecule has 0 aromatic heterocycles. The third-order valence-electron chi connectivity index (χ3n) is 3.31. The monoisotopic (exact) mass is 369 g/mol. The molecule has 0 saturated heterocycles. The number of halogens is 1. The van der Waals surface area contributed by atoms with Crippen molar-refractivity contribution in [2.45, 2.75) is 19.6 Å². The molecule has 0 fully saturated rings. The smallest absolute Gasteiger partial charge is 0.357 e. The molecule has 7 heteroatoms. The molecule has 0 aliphatic heterocycles. The van der Waals surface area contributed by atoms with Crippen LogP contribution in [-0.2, 0) is 13.6 Å². The van der Waals surface area contributed by atoms with Crippen LogP contribution in [0.2, 0.25) is 5.02 Å². The van der Waals surface area contributed by atoms with Crippen molar-refractivity contribution in [1.29, 1.82) is 0 Å². The molecule has 24 heavy (non-hydrogen) atoms. The molecular weight excluding hydrogens is 349 g/mol. The third kappa shape index (κ3) is 4.52. The minimum absolute atomic E-state index is 0.123. The van der Waals surface area contributed by atoms with Crippen LogP contribution in [0.5, 0.6) is 5.75 Å². The molecule has 1 unspecified atom stereocenters. The first-order chi connectivity index (χ1) is 11.5. The van der Waals surface area contributed by atoms with Crippen LogP contribution in [0.4, 0.5) is 5.69 Å². The fraction of sp³-hybridized carbons (Fsp3) is 0.294. The van der Waals surface area contributed by atoms with Gasteiger partial charge in [0.05, 0.1) is 23.9 Å². The highest BCUT2D eigenvalue weighted by Crippen LogP contribution is 2.61. The summed E-state index contributed by atoms with van der Waals surface area (Å²) in [6, 6.07) is 13.6. The Bertz CT molecular complexity index is 698. The molecule has 0 spiro atoms. The number of phenolic OH excluding ortho intramolecular Hbond substituents is 1. The van der Waals surface area contributed by atoms with Gasteiger partial charge in [0.2, 0.25) is 0 Å². The maximum Gasteiger partial charge on any atom is 0.357 e. The summed E-state index contributed by atoms with van der Waals surface area (Å²) in [7, 11) is -3.50. The van der Waals surface area contributed by atoms with Gasteiger partial charge in [-0.3, -0.25) is 4.57 Å². The lowest BCUT2D eigenvalue weighted by atomic mass is 10.2. The highest BCUT2D eigenvalue weighted by molar-refractivity contribution is 7.54. The predicted molar refractivity (Wildman–Crippen MR) is 96.8 cm³/mol. The second kappa shape index (κ2) is 8.54. The van der Waals surface area contributed by atoms with E-state index in [1.807, 2.05) is 12.1 Å². The summed E-state index contributed by atoms with van der Waals surface area (Å²) in [5.41, 5.74) is 1.29. The van der Waals surface area contributed by atoms with Crippen molar-refractivity contribution < 1.29 is 18.7 Å². The largest absolute Gasteiger partial charge is 0.508 e. The molecule has 2 aromatic carbocycles. The summed E-state index contributed by atoms with van der Waals surface area (Å²) in [5, 5.41) is 13.2. The molecule has 0 radical (unpaired) electrons. The lowest BCUT2D eigenvalue weighted by molar-refractivity contribution is 0.214. The van der Waals surface area contributed by atoms with Crippen LogP contribution in [0.1, 0.15) is 25.2 Å². The number of phenols is 1. The van der Waals surface area contributed by atoms with Gasteiger partial charge in [-0.2, -0.15) is 0 Å². The number of para-hydroxylation sites is 1. The van der Waals surface area contributed by atoms with Gasteiger partial charge in [0, 0.05) is 0 Å². The molecule has 1 atom stereocenters. The summed E-state index contributed by atoms with van der Waals surface area (Å²) in [5.74, 6) is -0.629. The second-order valence-corrected chi connectivity index (χ2v) is 7.51. The van der Waals surface area contributed by atoms with Gasteiger partial charge in [0.1, 0.15) is 5.75 Å². The predicted octanol–water partition coefficient (Wildman–Crippen LogP) is 5.42. The summed E-state index contributed by atoms with van der Waals surface area (Å²) < 4.78 is 24.3. The van der Waals surface area contributed by atoms with Crippen LogP contribution in [0.15, 0.2) is 48.5 Å². The van der Waals surface area contributed by atoms with Gasteiger partial charge in [-0.15, -0.1) is 0 Å². The Hall–Kier alpha value is -1.52. The first kappa shape index (κ1) is 18.8. The number of anilines is 1. The van der Waals surface area contributed by atoms with Gasteiger partial charge in [-0.25, -0.2) is 0 Å². The van der Waals surface area contributed by atoms with Gasteiger partial charge < -0.3 is 19.5 Å². The van der Waals surface area contributed by atoms with Crippen molar-refractivity contribution in [2.75, 3.05) is 18.5 Å². The standard InChI is InChI=1S/C17H21ClNO4P/c1-3-22-24(21,23-4-2)17(13-9-11-14(20)12-10-13)19-16-8-6-5-7-15(16)18/h5-12,17,19-20H,3-4H2,1-2H3. The van der Waals surface area contributed by atoms with E-state index in [9.17, 15) is 9.67 Å². The van der Waals surface area contributed by atoms with Crippen LogP contribution in [-0.4, -0.2) is 18.3 Å². The van der Waals surface area contributed by atoms with Gasteiger partial charge in [-0.1, -0.05) is 35.9 Å². The van der Waals surface area contributed by atoms with Crippen LogP contribution < -0.4 is 5.32 Å². The molecular formula is C17H21ClNO4P. The van der Waals surface area contributed by atoms with Crippen LogP contribution in [0.25, 0.3) is 0 Å². The Morgan fingerprint density at radius 3 is 2.21 bits per heavy atom. The van der Waals surface area contributed by atoms with Crippen LogP contribution in [0, 0.1) is 0 Å². The van der Waals surface area contributed by atoms with E-state index in [0.717, 1.165) is 0 Å². The Morgan fingerprint density at radius 2 is 1.67 bits per heavy atom. The maximum absolute atomic E-state index is 13.3. The summed E-state index contributed by atoms with van der Waals surface area (Å²) in [4.78, 5) is 0. The fourth-order valence-corrected chi connectivity index (χ4v) is 4.39. The molecule has 130 valence electrons. The average molecular weight is 370 g/mol. The van der Waals surface area contributed by atoms with Crippen molar-refractivity contribution in [3.05, 3.63) is 59.1 Å². The highest BCUT2D eigenvalue weighted by Gasteiger charge is 2.37. The number of benzene rings is 2. The minimum atomic E-state index is -3.50. The van der Waals surface area contributed by atoms with E-state index in [-0.39, 0.29) is 19.0 Å². The van der Waals surface area contributed by atoms with Gasteiger partial charge >= 0.3 is 7.60 Å². The van der Waals surface area contributed by atoms with E-state index in [0.29, 0.717) is 16.3 Å². The van der Waals surface area contributed by atoms with Crippen molar-refractivity contribution in [3.63, 3.8) is 0 Å². The number of hydrogen-bond donors (Lipinski definition) is 2. The summed E-state index contributed by atoms with van der Waals surface area (Å²) in [6.45, 7) is 4.01. The number of aromatic hydroxyl groups is 1. The molecule has 0 aliphatic rings. The number of rotatable bonds is 8. The average Bonchev–Trinajstić information content (AvgIpc) is 2.55. The Kier molecular flexibility index (Phi) is 6.69. The Labute approximate surface area is 147 Å². The zero-order valence-corrected chi connectivity index (χ0v) is 15.3. The number of nitrogens with one attached hydrogen (secondary N) is 1. The third-order valence-corrected chi connectivity index (χ3v) is 5.93. The second-order valence-electron chi connectivity index (χ2n) is 4.99. The quantitative estimate of drug-likeness (QED) is 0.608. The minimum Gasteiger partial charge on any atom is -0.508 e. The zero-order valence-electron chi connectivity index (χ0n) is 13.6.